The highest BCUT2D eigenvalue weighted by atomic mass is 32.1. The monoisotopic (exact) mass is 224 g/mol. The summed E-state index contributed by atoms with van der Waals surface area (Å²) in [5.74, 6) is 1.44. The topological polar surface area (TPSA) is 81.7 Å². The fourth-order valence-corrected chi connectivity index (χ4v) is 2.08. The average Bonchev–Trinajstić information content (AvgIpc) is 2.71. The second kappa shape index (κ2) is 3.50. The first-order valence-electron chi connectivity index (χ1n) is 4.44. The lowest BCUT2D eigenvalue weighted by molar-refractivity contribution is 0.924. The molecule has 7 heteroatoms. The van der Waals surface area contributed by atoms with E-state index in [9.17, 15) is 0 Å². The number of nitrogens with zero attached hydrogens (tertiary/aromatic N) is 4. The molecule has 0 fully saturated rings. The highest BCUT2D eigenvalue weighted by Crippen LogP contribution is 2.31. The number of hydrogen-bond donors (Lipinski definition) is 2. The first kappa shape index (κ1) is 9.91. The molecule has 0 saturated carbocycles. The molecule has 0 aliphatic rings. The molecule has 80 valence electrons. The number of aromatic nitrogens is 4. The molecule has 0 spiro atoms. The van der Waals surface area contributed by atoms with Gasteiger partial charge in [-0.05, 0) is 18.5 Å². The number of aryl methyl sites for hydroxylation is 1. The summed E-state index contributed by atoms with van der Waals surface area (Å²) in [7, 11) is 3.69. The molecule has 0 atom stereocenters. The molecule has 2 aromatic rings. The van der Waals surface area contributed by atoms with Gasteiger partial charge in [0.2, 0.25) is 5.95 Å². The van der Waals surface area contributed by atoms with E-state index in [1.165, 1.54) is 11.5 Å². The quantitative estimate of drug-likeness (QED) is 0.791. The zero-order valence-corrected chi connectivity index (χ0v) is 9.59. The predicted octanol–water partition coefficient (Wildman–Crippen LogP) is 0.871. The molecule has 2 rings (SSSR count). The van der Waals surface area contributed by atoms with Crippen LogP contribution in [0.5, 0.6) is 0 Å². The summed E-state index contributed by atoms with van der Waals surface area (Å²) in [6.07, 6.45) is 0. The Bertz CT molecular complexity index is 466. The van der Waals surface area contributed by atoms with Crippen molar-refractivity contribution in [2.75, 3.05) is 18.1 Å². The van der Waals surface area contributed by atoms with Gasteiger partial charge in [0.15, 0.2) is 5.82 Å². The normalized spacial score (nSPS) is 10.6. The number of rotatable bonds is 2. The number of hydrogen-bond acceptors (Lipinski definition) is 6. The first-order chi connectivity index (χ1) is 7.15. The van der Waals surface area contributed by atoms with Crippen molar-refractivity contribution in [3.8, 4) is 11.4 Å². The molecule has 0 aliphatic heterocycles. The van der Waals surface area contributed by atoms with Crippen molar-refractivity contribution in [3.63, 3.8) is 0 Å². The molecule has 3 N–H and O–H groups in total. The van der Waals surface area contributed by atoms with Gasteiger partial charge in [-0.15, -0.1) is 10.2 Å². The molecular formula is C8H12N6S. The van der Waals surface area contributed by atoms with E-state index in [-0.39, 0.29) is 0 Å². The summed E-state index contributed by atoms with van der Waals surface area (Å²) in [5.41, 5.74) is 7.60. The van der Waals surface area contributed by atoms with E-state index in [1.807, 2.05) is 18.5 Å². The maximum atomic E-state index is 5.85. The van der Waals surface area contributed by atoms with Gasteiger partial charge in [-0.1, -0.05) is 0 Å². The summed E-state index contributed by atoms with van der Waals surface area (Å²) in [4.78, 5) is 0. The highest BCUT2D eigenvalue weighted by molar-refractivity contribution is 7.10. The van der Waals surface area contributed by atoms with Gasteiger partial charge in [0.1, 0.15) is 5.00 Å². The van der Waals surface area contributed by atoms with Crippen molar-refractivity contribution in [2.24, 2.45) is 7.05 Å². The minimum Gasteiger partial charge on any atom is -0.389 e. The van der Waals surface area contributed by atoms with Crippen molar-refractivity contribution >= 4 is 22.5 Å². The van der Waals surface area contributed by atoms with Crippen LogP contribution in [0.2, 0.25) is 0 Å². The second-order valence-corrected chi connectivity index (χ2v) is 3.97. The first-order valence-corrected chi connectivity index (χ1v) is 5.21. The summed E-state index contributed by atoms with van der Waals surface area (Å²) in [5, 5.41) is 11.7. The zero-order valence-electron chi connectivity index (χ0n) is 8.77. The molecule has 0 aromatic carbocycles. The van der Waals surface area contributed by atoms with Crippen LogP contribution in [-0.2, 0) is 7.05 Å². The molecule has 2 aromatic heterocycles. The Labute approximate surface area is 91.3 Å². The standard InChI is InChI=1S/C8H12N6S/c1-4-5(6(9)15-13-4)7-11-12-8(10-2)14(7)3/h9H2,1-3H3,(H,10,12). The minimum atomic E-state index is 0.672. The molecular weight excluding hydrogens is 212 g/mol. The highest BCUT2D eigenvalue weighted by Gasteiger charge is 2.17. The van der Waals surface area contributed by atoms with Crippen LogP contribution >= 0.6 is 11.5 Å². The van der Waals surface area contributed by atoms with E-state index in [0.29, 0.717) is 10.9 Å². The lowest BCUT2D eigenvalue weighted by Gasteiger charge is -2.02. The lowest BCUT2D eigenvalue weighted by Crippen LogP contribution is -2.00. The Hall–Kier alpha value is -1.63. The third-order valence-corrected chi connectivity index (χ3v) is 2.98. The molecule has 0 unspecified atom stereocenters. The summed E-state index contributed by atoms with van der Waals surface area (Å²) in [6.45, 7) is 1.91. The average molecular weight is 224 g/mol. The van der Waals surface area contributed by atoms with Crippen molar-refractivity contribution in [2.45, 2.75) is 6.92 Å². The molecule has 0 aliphatic carbocycles. The number of nitrogens with one attached hydrogen (secondary N) is 1. The minimum absolute atomic E-state index is 0.672. The molecule has 0 amide bonds. The van der Waals surface area contributed by atoms with Gasteiger partial charge in [0.05, 0.1) is 11.3 Å². The van der Waals surface area contributed by atoms with Crippen LogP contribution in [0.15, 0.2) is 0 Å². The van der Waals surface area contributed by atoms with Gasteiger partial charge in [-0.2, -0.15) is 4.37 Å². The fourth-order valence-electron chi connectivity index (χ4n) is 1.42. The SMILES string of the molecule is CNc1nnc(-c2c(C)nsc2N)n1C. The number of nitrogens with two attached hydrogens (primary N) is 1. The Balaban J connectivity index is 2.59. The number of nitrogen functional groups attached to an aromatic ring is 1. The van der Waals surface area contributed by atoms with E-state index in [2.05, 4.69) is 19.9 Å². The third-order valence-electron chi connectivity index (χ3n) is 2.21. The molecule has 0 saturated heterocycles. The van der Waals surface area contributed by atoms with Crippen LogP contribution in [0, 0.1) is 6.92 Å². The smallest absolute Gasteiger partial charge is 0.224 e. The molecule has 15 heavy (non-hydrogen) atoms. The Kier molecular flexibility index (Phi) is 2.31. The maximum absolute atomic E-state index is 5.85. The van der Waals surface area contributed by atoms with E-state index >= 15 is 0 Å². The third kappa shape index (κ3) is 1.44. The molecule has 0 radical (unpaired) electrons. The van der Waals surface area contributed by atoms with Crippen molar-refractivity contribution in [1.82, 2.24) is 19.1 Å². The summed E-state index contributed by atoms with van der Waals surface area (Å²) < 4.78 is 6.04. The zero-order chi connectivity index (χ0) is 11.0. The maximum Gasteiger partial charge on any atom is 0.224 e. The van der Waals surface area contributed by atoms with Crippen molar-refractivity contribution in [1.29, 1.82) is 0 Å². The Morgan fingerprint density at radius 2 is 2.13 bits per heavy atom. The van der Waals surface area contributed by atoms with Crippen LogP contribution < -0.4 is 11.1 Å². The van der Waals surface area contributed by atoms with Crippen molar-refractivity contribution < 1.29 is 0 Å². The van der Waals surface area contributed by atoms with E-state index in [1.54, 1.807) is 7.05 Å². The van der Waals surface area contributed by atoms with Crippen molar-refractivity contribution in [3.05, 3.63) is 5.69 Å². The second-order valence-electron chi connectivity index (χ2n) is 3.16. The van der Waals surface area contributed by atoms with E-state index < -0.39 is 0 Å². The van der Waals surface area contributed by atoms with Gasteiger partial charge >= 0.3 is 0 Å². The van der Waals surface area contributed by atoms with Gasteiger partial charge in [0.25, 0.3) is 0 Å². The van der Waals surface area contributed by atoms with Crippen LogP contribution in [0.4, 0.5) is 10.9 Å². The van der Waals surface area contributed by atoms with Crippen LogP contribution in [0.25, 0.3) is 11.4 Å². The largest absolute Gasteiger partial charge is 0.389 e. The summed E-state index contributed by atoms with van der Waals surface area (Å²) >= 11 is 1.28. The Morgan fingerprint density at radius 1 is 1.40 bits per heavy atom. The van der Waals surface area contributed by atoms with E-state index in [0.717, 1.165) is 17.1 Å². The van der Waals surface area contributed by atoms with Crippen LogP contribution in [0.1, 0.15) is 5.69 Å². The summed E-state index contributed by atoms with van der Waals surface area (Å²) in [6, 6.07) is 0. The van der Waals surface area contributed by atoms with Gasteiger partial charge in [-0.25, -0.2) is 0 Å². The van der Waals surface area contributed by atoms with Crippen LogP contribution in [0.3, 0.4) is 0 Å². The predicted molar refractivity (Wildman–Crippen MR) is 60.8 cm³/mol. The van der Waals surface area contributed by atoms with Gasteiger partial charge in [-0.3, -0.25) is 4.57 Å². The molecule has 6 nitrogen and oxygen atoms in total. The van der Waals surface area contributed by atoms with Gasteiger partial charge in [0, 0.05) is 14.1 Å². The van der Waals surface area contributed by atoms with Crippen LogP contribution in [-0.4, -0.2) is 26.2 Å². The fraction of sp³-hybridized carbons (Fsp3) is 0.375. The Morgan fingerprint density at radius 3 is 2.60 bits per heavy atom. The number of anilines is 2. The van der Waals surface area contributed by atoms with E-state index in [4.69, 9.17) is 5.73 Å². The lowest BCUT2D eigenvalue weighted by atomic mass is 10.2. The molecule has 0 bridgehead atoms. The van der Waals surface area contributed by atoms with Gasteiger partial charge < -0.3 is 11.1 Å². The molecule has 2 heterocycles.